The van der Waals surface area contributed by atoms with Gasteiger partial charge in [-0.2, -0.15) is 0 Å². The first-order valence-electron chi connectivity index (χ1n) is 7.09. The highest BCUT2D eigenvalue weighted by molar-refractivity contribution is 9.10. The van der Waals surface area contributed by atoms with Gasteiger partial charge in [0.05, 0.1) is 11.6 Å². The van der Waals surface area contributed by atoms with Crippen LogP contribution in [0.3, 0.4) is 0 Å². The first kappa shape index (κ1) is 15.5. The third-order valence-electron chi connectivity index (χ3n) is 3.43. The van der Waals surface area contributed by atoms with Crippen molar-refractivity contribution in [2.45, 2.75) is 6.42 Å². The number of ether oxygens (including phenoxy) is 1. The number of hydrogen-bond donors (Lipinski definition) is 1. The van der Waals surface area contributed by atoms with Crippen molar-refractivity contribution in [3.63, 3.8) is 0 Å². The highest BCUT2D eigenvalue weighted by Gasteiger charge is 2.09. The summed E-state index contributed by atoms with van der Waals surface area (Å²) in [5.74, 6) is 1.37. The molecule has 1 N–H and O–H groups in total. The van der Waals surface area contributed by atoms with Gasteiger partial charge in [-0.3, -0.25) is 9.20 Å². The van der Waals surface area contributed by atoms with Crippen LogP contribution in [0, 0.1) is 0 Å². The minimum atomic E-state index is -0.137. The third kappa shape index (κ3) is 3.34. The van der Waals surface area contributed by atoms with Gasteiger partial charge in [0, 0.05) is 24.7 Å². The molecule has 2 aromatic heterocycles. The monoisotopic (exact) mass is 374 g/mol. The molecule has 0 spiro atoms. The number of amides is 1. The van der Waals surface area contributed by atoms with Gasteiger partial charge in [-0.15, -0.1) is 10.2 Å². The van der Waals surface area contributed by atoms with Crippen molar-refractivity contribution in [3.05, 3.63) is 58.5 Å². The Morgan fingerprint density at radius 3 is 2.96 bits per heavy atom. The molecule has 7 heteroatoms. The van der Waals surface area contributed by atoms with Crippen LogP contribution in [-0.4, -0.2) is 34.2 Å². The fourth-order valence-electron chi connectivity index (χ4n) is 2.26. The molecule has 0 atom stereocenters. The van der Waals surface area contributed by atoms with Gasteiger partial charge in [-0.1, -0.05) is 6.07 Å². The molecule has 0 saturated carbocycles. The number of carbonyl (C=O) groups excluding carboxylic acids is 1. The van der Waals surface area contributed by atoms with Crippen LogP contribution in [0.1, 0.15) is 16.2 Å². The van der Waals surface area contributed by atoms with E-state index in [0.29, 0.717) is 24.3 Å². The van der Waals surface area contributed by atoms with Gasteiger partial charge in [0.2, 0.25) is 0 Å². The van der Waals surface area contributed by atoms with Gasteiger partial charge >= 0.3 is 0 Å². The lowest BCUT2D eigenvalue weighted by Crippen LogP contribution is -2.26. The van der Waals surface area contributed by atoms with Crippen molar-refractivity contribution in [1.82, 2.24) is 19.9 Å². The molecule has 1 aromatic carbocycles. The molecule has 0 radical (unpaired) electrons. The maximum atomic E-state index is 12.2. The average Bonchev–Trinajstić information content (AvgIpc) is 2.98. The van der Waals surface area contributed by atoms with E-state index in [1.54, 1.807) is 25.3 Å². The number of nitrogens with one attached hydrogen (secondary N) is 1. The predicted molar refractivity (Wildman–Crippen MR) is 89.7 cm³/mol. The van der Waals surface area contributed by atoms with Crippen LogP contribution >= 0.6 is 15.9 Å². The number of halogens is 1. The van der Waals surface area contributed by atoms with Gasteiger partial charge < -0.3 is 10.1 Å². The van der Waals surface area contributed by atoms with Gasteiger partial charge in [-0.05, 0) is 46.3 Å². The quantitative estimate of drug-likeness (QED) is 0.744. The number of hydrogen-bond acceptors (Lipinski definition) is 4. The first-order valence-corrected chi connectivity index (χ1v) is 7.88. The molecule has 1 amide bonds. The molecule has 2 heterocycles. The van der Waals surface area contributed by atoms with Gasteiger partial charge in [0.1, 0.15) is 11.6 Å². The molecule has 0 bridgehead atoms. The molecule has 0 aliphatic rings. The second kappa shape index (κ2) is 6.78. The molecule has 3 rings (SSSR count). The molecule has 6 nitrogen and oxygen atoms in total. The fourth-order valence-corrected chi connectivity index (χ4v) is 2.80. The van der Waals surface area contributed by atoms with Crippen LogP contribution in [-0.2, 0) is 6.42 Å². The van der Waals surface area contributed by atoms with E-state index in [1.165, 1.54) is 0 Å². The van der Waals surface area contributed by atoms with Crippen molar-refractivity contribution in [1.29, 1.82) is 0 Å². The maximum Gasteiger partial charge on any atom is 0.251 e. The Labute approximate surface area is 141 Å². The summed E-state index contributed by atoms with van der Waals surface area (Å²) < 4.78 is 7.81. The van der Waals surface area contributed by atoms with Crippen molar-refractivity contribution in [3.8, 4) is 5.75 Å². The number of fused-ring (bicyclic) bond motifs is 1. The Kier molecular flexibility index (Phi) is 4.57. The van der Waals surface area contributed by atoms with Crippen molar-refractivity contribution < 1.29 is 9.53 Å². The molecule has 23 heavy (non-hydrogen) atoms. The summed E-state index contributed by atoms with van der Waals surface area (Å²) in [4.78, 5) is 12.2. The lowest BCUT2D eigenvalue weighted by molar-refractivity contribution is 0.0954. The van der Waals surface area contributed by atoms with Crippen LogP contribution in [0.25, 0.3) is 5.65 Å². The van der Waals surface area contributed by atoms with Gasteiger partial charge in [-0.25, -0.2) is 0 Å². The summed E-state index contributed by atoms with van der Waals surface area (Å²) in [6.07, 6.45) is 2.52. The normalized spacial score (nSPS) is 10.7. The van der Waals surface area contributed by atoms with E-state index in [4.69, 9.17) is 4.74 Å². The van der Waals surface area contributed by atoms with E-state index in [0.717, 1.165) is 15.9 Å². The summed E-state index contributed by atoms with van der Waals surface area (Å²) in [5, 5.41) is 11.1. The van der Waals surface area contributed by atoms with Crippen molar-refractivity contribution in [2.24, 2.45) is 0 Å². The summed E-state index contributed by atoms with van der Waals surface area (Å²) in [7, 11) is 1.59. The lowest BCUT2D eigenvalue weighted by Gasteiger charge is -2.07. The van der Waals surface area contributed by atoms with Crippen LogP contribution in [0.2, 0.25) is 0 Å². The second-order valence-corrected chi connectivity index (χ2v) is 5.75. The zero-order valence-corrected chi connectivity index (χ0v) is 14.1. The average molecular weight is 375 g/mol. The topological polar surface area (TPSA) is 68.5 Å². The SMILES string of the molecule is COc1ccc(C(=O)NCCc2nnc3ccccn23)cc1Br. The molecular weight excluding hydrogens is 360 g/mol. The highest BCUT2D eigenvalue weighted by atomic mass is 79.9. The Morgan fingerprint density at radius 1 is 1.30 bits per heavy atom. The van der Waals surface area contributed by atoms with E-state index in [-0.39, 0.29) is 5.91 Å². The number of aromatic nitrogens is 3. The summed E-state index contributed by atoms with van der Waals surface area (Å²) in [6, 6.07) is 10.9. The van der Waals surface area contributed by atoms with Crippen LogP contribution in [0.5, 0.6) is 5.75 Å². The zero-order valence-electron chi connectivity index (χ0n) is 12.5. The van der Waals surface area contributed by atoms with E-state index < -0.39 is 0 Å². The van der Waals surface area contributed by atoms with Crippen LogP contribution in [0.4, 0.5) is 0 Å². The Hall–Kier alpha value is -2.41. The molecule has 3 aromatic rings. The highest BCUT2D eigenvalue weighted by Crippen LogP contribution is 2.25. The number of carbonyl (C=O) groups is 1. The van der Waals surface area contributed by atoms with Gasteiger partial charge in [0.15, 0.2) is 5.65 Å². The maximum absolute atomic E-state index is 12.2. The lowest BCUT2D eigenvalue weighted by atomic mass is 10.2. The van der Waals surface area contributed by atoms with Crippen molar-refractivity contribution >= 4 is 27.5 Å². The molecular formula is C16H15BrN4O2. The Balaban J connectivity index is 1.62. The Morgan fingerprint density at radius 2 is 2.17 bits per heavy atom. The predicted octanol–water partition coefficient (Wildman–Crippen LogP) is 2.47. The molecule has 0 aliphatic heterocycles. The number of methoxy groups -OCH3 is 1. The Bertz CT molecular complexity index is 847. The minimum absolute atomic E-state index is 0.137. The fraction of sp³-hybridized carbons (Fsp3) is 0.188. The third-order valence-corrected chi connectivity index (χ3v) is 4.05. The second-order valence-electron chi connectivity index (χ2n) is 4.90. The van der Waals surface area contributed by atoms with Crippen LogP contribution < -0.4 is 10.1 Å². The number of nitrogens with zero attached hydrogens (tertiary/aromatic N) is 3. The first-order chi connectivity index (χ1) is 11.2. The van der Waals surface area contributed by atoms with Crippen LogP contribution in [0.15, 0.2) is 47.1 Å². The molecule has 0 unspecified atom stereocenters. The number of rotatable bonds is 5. The van der Waals surface area contributed by atoms with E-state index in [2.05, 4.69) is 31.4 Å². The number of pyridine rings is 1. The summed E-state index contributed by atoms with van der Waals surface area (Å²) in [6.45, 7) is 0.484. The zero-order chi connectivity index (χ0) is 16.2. The minimum Gasteiger partial charge on any atom is -0.496 e. The molecule has 0 aliphatic carbocycles. The van der Waals surface area contributed by atoms with E-state index in [9.17, 15) is 4.79 Å². The summed E-state index contributed by atoms with van der Waals surface area (Å²) >= 11 is 3.38. The molecule has 0 fully saturated rings. The standard InChI is InChI=1S/C16H15BrN4O2/c1-23-13-6-5-11(10-12(13)17)16(22)18-8-7-15-20-19-14-4-2-3-9-21(14)15/h2-6,9-10H,7-8H2,1H3,(H,18,22). The molecule has 0 saturated heterocycles. The van der Waals surface area contributed by atoms with Crippen molar-refractivity contribution in [2.75, 3.05) is 13.7 Å². The number of benzene rings is 1. The van der Waals surface area contributed by atoms with E-state index >= 15 is 0 Å². The van der Waals surface area contributed by atoms with E-state index in [1.807, 2.05) is 28.8 Å². The van der Waals surface area contributed by atoms with Gasteiger partial charge in [0.25, 0.3) is 5.91 Å². The summed E-state index contributed by atoms with van der Waals surface area (Å²) in [5.41, 5.74) is 1.37. The largest absolute Gasteiger partial charge is 0.496 e. The molecule has 118 valence electrons. The smallest absolute Gasteiger partial charge is 0.251 e.